The number of benzene rings is 1. The second kappa shape index (κ2) is 8.33. The highest BCUT2D eigenvalue weighted by molar-refractivity contribution is 5.92. The summed E-state index contributed by atoms with van der Waals surface area (Å²) in [6, 6.07) is 10.0. The highest BCUT2D eigenvalue weighted by Crippen LogP contribution is 2.20. The Balaban J connectivity index is 0.00000242. The Labute approximate surface area is 134 Å². The van der Waals surface area contributed by atoms with Gasteiger partial charge in [-0.15, -0.1) is 12.4 Å². The summed E-state index contributed by atoms with van der Waals surface area (Å²) in [5, 5.41) is 8.92. The second-order valence-electron chi connectivity index (χ2n) is 4.64. The van der Waals surface area contributed by atoms with Crippen LogP contribution < -0.4 is 16.2 Å². The van der Waals surface area contributed by atoms with Crippen LogP contribution in [0, 0.1) is 0 Å². The smallest absolute Gasteiger partial charge is 0.248 e. The molecule has 2 rings (SSSR count). The summed E-state index contributed by atoms with van der Waals surface area (Å²) in [4.78, 5) is 15.1. The fourth-order valence-corrected chi connectivity index (χ4v) is 1.80. The number of aromatic nitrogens is 1. The summed E-state index contributed by atoms with van der Waals surface area (Å²) in [6.45, 7) is -0.0535. The van der Waals surface area contributed by atoms with Crippen LogP contribution >= 0.6 is 12.4 Å². The third-order valence-electron chi connectivity index (χ3n) is 2.90. The average molecular weight is 324 g/mol. The molecule has 1 heterocycles. The Kier molecular flexibility index (Phi) is 6.78. The van der Waals surface area contributed by atoms with E-state index in [2.05, 4.69) is 4.98 Å². The number of aliphatic hydroxyl groups excluding tert-OH is 1. The number of pyridine rings is 1. The molecule has 22 heavy (non-hydrogen) atoms. The van der Waals surface area contributed by atoms with Gasteiger partial charge in [0.25, 0.3) is 0 Å². The average Bonchev–Trinajstić information content (AvgIpc) is 2.49. The summed E-state index contributed by atoms with van der Waals surface area (Å²) in [5.74, 6) is 0.354. The Morgan fingerprint density at radius 3 is 2.55 bits per heavy atom. The molecule has 0 saturated heterocycles. The fourth-order valence-electron chi connectivity index (χ4n) is 1.80. The number of halogens is 1. The second-order valence-corrected chi connectivity index (χ2v) is 4.64. The van der Waals surface area contributed by atoms with E-state index in [0.717, 1.165) is 5.56 Å². The van der Waals surface area contributed by atoms with Crippen LogP contribution in [0.3, 0.4) is 0 Å². The number of rotatable bonds is 6. The molecule has 2 aromatic rings. The highest BCUT2D eigenvalue weighted by atomic mass is 35.5. The van der Waals surface area contributed by atoms with Gasteiger partial charge in [0.1, 0.15) is 5.75 Å². The zero-order chi connectivity index (χ0) is 15.2. The van der Waals surface area contributed by atoms with Crippen molar-refractivity contribution >= 4 is 18.3 Å². The predicted octanol–water partition coefficient (Wildman–Crippen LogP) is 1.26. The molecule has 6 nitrogen and oxygen atoms in total. The van der Waals surface area contributed by atoms with Crippen molar-refractivity contribution < 1.29 is 14.6 Å². The Hall–Kier alpha value is -2.15. The third kappa shape index (κ3) is 5.00. The summed E-state index contributed by atoms with van der Waals surface area (Å²) in [5.41, 5.74) is 12.2. The highest BCUT2D eigenvalue weighted by Gasteiger charge is 2.06. The molecule has 0 unspecified atom stereocenters. The lowest BCUT2D eigenvalue weighted by atomic mass is 10.1. The van der Waals surface area contributed by atoms with Gasteiger partial charge in [-0.3, -0.25) is 4.79 Å². The van der Waals surface area contributed by atoms with Crippen LogP contribution in [-0.4, -0.2) is 28.6 Å². The molecule has 1 aromatic heterocycles. The van der Waals surface area contributed by atoms with Crippen molar-refractivity contribution in [2.45, 2.75) is 12.5 Å². The predicted molar refractivity (Wildman–Crippen MR) is 85.3 cm³/mol. The zero-order valence-electron chi connectivity index (χ0n) is 11.8. The van der Waals surface area contributed by atoms with Crippen molar-refractivity contribution in [3.05, 3.63) is 53.7 Å². The van der Waals surface area contributed by atoms with E-state index in [1.165, 1.54) is 18.3 Å². The minimum atomic E-state index is -0.532. The van der Waals surface area contributed by atoms with Gasteiger partial charge in [0.15, 0.2) is 0 Å². The number of amides is 1. The van der Waals surface area contributed by atoms with Crippen molar-refractivity contribution in [3.63, 3.8) is 0 Å². The fraction of sp³-hybridized carbons (Fsp3) is 0.200. The molecule has 0 bridgehead atoms. The number of carbonyl (C=O) groups excluding carboxylic acids is 1. The summed E-state index contributed by atoms with van der Waals surface area (Å²) >= 11 is 0. The van der Waals surface area contributed by atoms with Crippen LogP contribution in [0.4, 0.5) is 0 Å². The van der Waals surface area contributed by atoms with Crippen molar-refractivity contribution in [2.75, 3.05) is 6.61 Å². The van der Waals surface area contributed by atoms with E-state index in [1.54, 1.807) is 12.1 Å². The number of ether oxygens (including phenoxy) is 1. The standard InChI is InChI=1S/C15H17N3O3.ClH/c16-12(9-19)7-10-1-3-13(4-2-10)21-14-8-11(15(17)20)5-6-18-14;/h1-6,8,12,19H,7,9,16H2,(H2,17,20);1H/t12-;/m0./s1. The minimum absolute atomic E-state index is 0. The molecule has 0 aliphatic carbocycles. The number of nitrogens with two attached hydrogens (primary N) is 2. The van der Waals surface area contributed by atoms with Crippen molar-refractivity contribution in [2.24, 2.45) is 11.5 Å². The number of aliphatic hydroxyl groups is 1. The first kappa shape index (κ1) is 17.9. The van der Waals surface area contributed by atoms with Crippen LogP contribution in [-0.2, 0) is 6.42 Å². The van der Waals surface area contributed by atoms with E-state index in [9.17, 15) is 4.79 Å². The van der Waals surface area contributed by atoms with Crippen molar-refractivity contribution in [3.8, 4) is 11.6 Å². The van der Waals surface area contributed by atoms with Gasteiger partial charge < -0.3 is 21.3 Å². The van der Waals surface area contributed by atoms with Gasteiger partial charge in [0.05, 0.1) is 6.61 Å². The number of nitrogens with zero attached hydrogens (tertiary/aromatic N) is 1. The van der Waals surface area contributed by atoms with Gasteiger partial charge >= 0.3 is 0 Å². The Morgan fingerprint density at radius 2 is 1.95 bits per heavy atom. The minimum Gasteiger partial charge on any atom is -0.439 e. The van der Waals surface area contributed by atoms with Crippen molar-refractivity contribution in [1.29, 1.82) is 0 Å². The molecular formula is C15H18ClN3O3. The Bertz CT molecular complexity index is 620. The van der Waals surface area contributed by atoms with Crippen LogP contribution in [0.1, 0.15) is 15.9 Å². The third-order valence-corrected chi connectivity index (χ3v) is 2.90. The summed E-state index contributed by atoms with van der Waals surface area (Å²) in [7, 11) is 0. The van der Waals surface area contributed by atoms with E-state index in [0.29, 0.717) is 23.6 Å². The monoisotopic (exact) mass is 323 g/mol. The molecule has 7 heteroatoms. The molecule has 0 aliphatic heterocycles. The molecule has 5 N–H and O–H groups in total. The van der Waals surface area contributed by atoms with Gasteiger partial charge in [0.2, 0.25) is 11.8 Å². The Morgan fingerprint density at radius 1 is 1.27 bits per heavy atom. The van der Waals surface area contributed by atoms with E-state index in [-0.39, 0.29) is 25.1 Å². The quantitative estimate of drug-likeness (QED) is 0.741. The number of hydrogen-bond donors (Lipinski definition) is 3. The first-order valence-electron chi connectivity index (χ1n) is 6.47. The molecule has 0 spiro atoms. The number of hydrogen-bond acceptors (Lipinski definition) is 5. The first-order valence-corrected chi connectivity index (χ1v) is 6.47. The van der Waals surface area contributed by atoms with E-state index in [1.807, 2.05) is 12.1 Å². The lowest BCUT2D eigenvalue weighted by Gasteiger charge is -2.09. The first-order chi connectivity index (χ1) is 10.1. The maximum Gasteiger partial charge on any atom is 0.248 e. The normalized spacial score (nSPS) is 11.4. The van der Waals surface area contributed by atoms with Gasteiger partial charge in [-0.2, -0.15) is 0 Å². The van der Waals surface area contributed by atoms with Gasteiger partial charge in [0, 0.05) is 23.9 Å². The lowest BCUT2D eigenvalue weighted by molar-refractivity contribution is 0.1000. The molecular weight excluding hydrogens is 306 g/mol. The van der Waals surface area contributed by atoms with Gasteiger partial charge in [-0.1, -0.05) is 12.1 Å². The molecule has 1 aromatic carbocycles. The molecule has 1 amide bonds. The molecule has 1 atom stereocenters. The lowest BCUT2D eigenvalue weighted by Crippen LogP contribution is -2.26. The number of carbonyl (C=O) groups is 1. The van der Waals surface area contributed by atoms with Crippen LogP contribution in [0.15, 0.2) is 42.6 Å². The van der Waals surface area contributed by atoms with Crippen molar-refractivity contribution in [1.82, 2.24) is 4.98 Å². The topological polar surface area (TPSA) is 111 Å². The van der Waals surface area contributed by atoms with Crippen LogP contribution in [0.2, 0.25) is 0 Å². The van der Waals surface area contributed by atoms with E-state index in [4.69, 9.17) is 21.3 Å². The summed E-state index contributed by atoms with van der Waals surface area (Å²) < 4.78 is 5.56. The van der Waals surface area contributed by atoms with E-state index >= 15 is 0 Å². The summed E-state index contributed by atoms with van der Waals surface area (Å²) in [6.07, 6.45) is 2.05. The van der Waals surface area contributed by atoms with Gasteiger partial charge in [-0.05, 0) is 30.2 Å². The molecule has 0 radical (unpaired) electrons. The largest absolute Gasteiger partial charge is 0.439 e. The zero-order valence-corrected chi connectivity index (χ0v) is 12.6. The maximum absolute atomic E-state index is 11.1. The maximum atomic E-state index is 11.1. The van der Waals surface area contributed by atoms with E-state index < -0.39 is 5.91 Å². The van der Waals surface area contributed by atoms with Gasteiger partial charge in [-0.25, -0.2) is 4.98 Å². The molecule has 0 fully saturated rings. The van der Waals surface area contributed by atoms with Crippen LogP contribution in [0.25, 0.3) is 0 Å². The van der Waals surface area contributed by atoms with Crippen LogP contribution in [0.5, 0.6) is 11.6 Å². The molecule has 0 aliphatic rings. The molecule has 0 saturated carbocycles. The number of primary amides is 1. The SMILES string of the molecule is Cl.NC(=O)c1ccnc(Oc2ccc(C[C@H](N)CO)cc2)c1. The molecule has 118 valence electrons.